The van der Waals surface area contributed by atoms with Crippen molar-refractivity contribution in [3.8, 4) is 11.8 Å². The van der Waals surface area contributed by atoms with E-state index in [1.165, 1.54) is 0 Å². The molecule has 0 saturated carbocycles. The van der Waals surface area contributed by atoms with E-state index in [4.69, 9.17) is 10.00 Å². The molecule has 0 aliphatic carbocycles. The van der Waals surface area contributed by atoms with Crippen LogP contribution in [0.15, 0.2) is 48.8 Å². The van der Waals surface area contributed by atoms with Crippen molar-refractivity contribution in [2.24, 2.45) is 0 Å². The van der Waals surface area contributed by atoms with Gasteiger partial charge in [0.2, 0.25) is 0 Å². The Balaban J connectivity index is 1.60. The Morgan fingerprint density at radius 1 is 1.05 bits per heavy atom. The van der Waals surface area contributed by atoms with E-state index >= 15 is 0 Å². The molecular formula is C16H18N2O. The number of rotatable bonds is 7. The number of nitriles is 1. The van der Waals surface area contributed by atoms with E-state index in [0.717, 1.165) is 31.6 Å². The molecule has 2 rings (SSSR count). The molecule has 1 aromatic heterocycles. The van der Waals surface area contributed by atoms with E-state index in [-0.39, 0.29) is 0 Å². The molecule has 1 aromatic carbocycles. The Kier molecular flexibility index (Phi) is 5.06. The summed E-state index contributed by atoms with van der Waals surface area (Å²) in [4.78, 5) is 0. The van der Waals surface area contributed by atoms with Crippen molar-refractivity contribution >= 4 is 0 Å². The molecule has 0 amide bonds. The van der Waals surface area contributed by atoms with E-state index in [9.17, 15) is 0 Å². The Hall–Kier alpha value is -2.21. The van der Waals surface area contributed by atoms with Gasteiger partial charge in [0.25, 0.3) is 0 Å². The minimum atomic E-state index is 0.644. The normalized spacial score (nSPS) is 10.1. The molecule has 98 valence electrons. The fraction of sp³-hybridized carbons (Fsp3) is 0.312. The lowest BCUT2D eigenvalue weighted by atomic mass is 10.2. The van der Waals surface area contributed by atoms with Crippen LogP contribution in [0, 0.1) is 11.3 Å². The quantitative estimate of drug-likeness (QED) is 0.708. The Labute approximate surface area is 114 Å². The Morgan fingerprint density at radius 2 is 1.89 bits per heavy atom. The highest BCUT2D eigenvalue weighted by molar-refractivity contribution is 5.36. The molecule has 0 atom stereocenters. The molecule has 0 unspecified atom stereocenters. The van der Waals surface area contributed by atoms with Crippen LogP contribution in [-0.2, 0) is 6.54 Å². The third-order valence-electron chi connectivity index (χ3n) is 2.96. The summed E-state index contributed by atoms with van der Waals surface area (Å²) in [6.45, 7) is 1.78. The lowest BCUT2D eigenvalue weighted by molar-refractivity contribution is 0.304. The Morgan fingerprint density at radius 3 is 2.68 bits per heavy atom. The molecule has 2 aromatic rings. The second kappa shape index (κ2) is 7.27. The van der Waals surface area contributed by atoms with E-state index in [2.05, 4.69) is 23.0 Å². The molecule has 0 spiro atoms. The number of hydrogen-bond donors (Lipinski definition) is 0. The van der Waals surface area contributed by atoms with Gasteiger partial charge in [-0.15, -0.1) is 0 Å². The maximum Gasteiger partial charge on any atom is 0.120 e. The summed E-state index contributed by atoms with van der Waals surface area (Å²) in [5.74, 6) is 0.782. The smallest absolute Gasteiger partial charge is 0.120 e. The zero-order chi connectivity index (χ0) is 13.3. The Bertz CT molecular complexity index is 526. The largest absolute Gasteiger partial charge is 0.494 e. The van der Waals surface area contributed by atoms with Crippen molar-refractivity contribution in [2.45, 2.75) is 25.8 Å². The van der Waals surface area contributed by atoms with Crippen LogP contribution in [0.3, 0.4) is 0 Å². The predicted octanol–water partition coefficient (Wildman–Crippen LogP) is 3.61. The monoisotopic (exact) mass is 254 g/mol. The third kappa shape index (κ3) is 4.51. The average molecular weight is 254 g/mol. The van der Waals surface area contributed by atoms with Gasteiger partial charge in [-0.25, -0.2) is 0 Å². The van der Waals surface area contributed by atoms with Crippen molar-refractivity contribution in [1.82, 2.24) is 4.57 Å². The van der Waals surface area contributed by atoms with Crippen molar-refractivity contribution in [2.75, 3.05) is 6.61 Å². The second-order valence-electron chi connectivity index (χ2n) is 4.47. The molecule has 3 nitrogen and oxygen atoms in total. The number of hydrogen-bond acceptors (Lipinski definition) is 2. The van der Waals surface area contributed by atoms with E-state index < -0.39 is 0 Å². The SMILES string of the molecule is N#Cc1cccc(OCCCCCn2cccc2)c1. The lowest BCUT2D eigenvalue weighted by Crippen LogP contribution is -1.99. The van der Waals surface area contributed by atoms with Gasteiger partial charge >= 0.3 is 0 Å². The zero-order valence-corrected chi connectivity index (χ0v) is 11.0. The van der Waals surface area contributed by atoms with Gasteiger partial charge < -0.3 is 9.30 Å². The molecule has 19 heavy (non-hydrogen) atoms. The zero-order valence-electron chi connectivity index (χ0n) is 11.0. The lowest BCUT2D eigenvalue weighted by Gasteiger charge is -2.06. The van der Waals surface area contributed by atoms with Crippen LogP contribution in [0.5, 0.6) is 5.75 Å². The first-order valence-electron chi connectivity index (χ1n) is 6.62. The predicted molar refractivity (Wildman–Crippen MR) is 74.9 cm³/mol. The topological polar surface area (TPSA) is 37.9 Å². The van der Waals surface area contributed by atoms with Crippen LogP contribution >= 0.6 is 0 Å². The van der Waals surface area contributed by atoms with Gasteiger partial charge in [-0.05, 0) is 49.6 Å². The fourth-order valence-electron chi connectivity index (χ4n) is 1.94. The molecule has 0 aliphatic heterocycles. The van der Waals surface area contributed by atoms with Gasteiger partial charge in [-0.1, -0.05) is 6.07 Å². The third-order valence-corrected chi connectivity index (χ3v) is 2.96. The summed E-state index contributed by atoms with van der Waals surface area (Å²) in [6, 6.07) is 13.5. The van der Waals surface area contributed by atoms with Crippen LogP contribution in [0.1, 0.15) is 24.8 Å². The molecular weight excluding hydrogens is 236 g/mol. The number of benzene rings is 1. The second-order valence-corrected chi connectivity index (χ2v) is 4.47. The summed E-state index contributed by atoms with van der Waals surface area (Å²) in [7, 11) is 0. The van der Waals surface area contributed by atoms with Crippen LogP contribution < -0.4 is 4.74 Å². The standard InChI is InChI=1S/C16H18N2O/c17-14-15-7-6-8-16(13-15)19-12-5-1-2-9-18-10-3-4-11-18/h3-4,6-8,10-11,13H,1-2,5,9,12H2. The van der Waals surface area contributed by atoms with Gasteiger partial charge in [0, 0.05) is 18.9 Å². The highest BCUT2D eigenvalue weighted by atomic mass is 16.5. The summed E-state index contributed by atoms with van der Waals surface area (Å²) in [6.07, 6.45) is 7.53. The minimum absolute atomic E-state index is 0.644. The number of ether oxygens (including phenoxy) is 1. The van der Waals surface area contributed by atoms with Crippen LogP contribution in [0.4, 0.5) is 0 Å². The highest BCUT2D eigenvalue weighted by Gasteiger charge is 1.96. The molecule has 0 saturated heterocycles. The number of aromatic nitrogens is 1. The van der Waals surface area contributed by atoms with Crippen LogP contribution in [0.25, 0.3) is 0 Å². The first kappa shape index (κ1) is 13.2. The van der Waals surface area contributed by atoms with Gasteiger partial charge in [-0.3, -0.25) is 0 Å². The van der Waals surface area contributed by atoms with Crippen molar-refractivity contribution in [3.05, 3.63) is 54.4 Å². The molecule has 1 heterocycles. The summed E-state index contributed by atoms with van der Waals surface area (Å²) < 4.78 is 7.82. The average Bonchev–Trinajstić information content (AvgIpc) is 2.96. The van der Waals surface area contributed by atoms with Crippen molar-refractivity contribution < 1.29 is 4.74 Å². The van der Waals surface area contributed by atoms with E-state index in [1.807, 2.05) is 24.3 Å². The van der Waals surface area contributed by atoms with Crippen molar-refractivity contribution in [3.63, 3.8) is 0 Å². The van der Waals surface area contributed by atoms with Gasteiger partial charge in [-0.2, -0.15) is 5.26 Å². The molecule has 0 fully saturated rings. The molecule has 0 radical (unpaired) electrons. The van der Waals surface area contributed by atoms with E-state index in [1.54, 1.807) is 12.1 Å². The first-order chi connectivity index (χ1) is 9.38. The first-order valence-corrected chi connectivity index (χ1v) is 6.62. The molecule has 0 aliphatic rings. The summed E-state index contributed by atoms with van der Waals surface area (Å²) >= 11 is 0. The van der Waals surface area contributed by atoms with Crippen LogP contribution in [0.2, 0.25) is 0 Å². The van der Waals surface area contributed by atoms with Gasteiger partial charge in [0.1, 0.15) is 5.75 Å². The molecule has 3 heteroatoms. The van der Waals surface area contributed by atoms with E-state index in [0.29, 0.717) is 12.2 Å². The summed E-state index contributed by atoms with van der Waals surface area (Å²) in [5, 5.41) is 8.79. The van der Waals surface area contributed by atoms with Crippen molar-refractivity contribution in [1.29, 1.82) is 5.26 Å². The number of unbranched alkanes of at least 4 members (excludes halogenated alkanes) is 2. The van der Waals surface area contributed by atoms with Gasteiger partial charge in [0.05, 0.1) is 18.2 Å². The maximum absolute atomic E-state index is 8.79. The number of nitrogens with zero attached hydrogens (tertiary/aromatic N) is 2. The number of aryl methyl sites for hydroxylation is 1. The maximum atomic E-state index is 8.79. The molecule has 0 bridgehead atoms. The van der Waals surface area contributed by atoms with Gasteiger partial charge in [0.15, 0.2) is 0 Å². The highest BCUT2D eigenvalue weighted by Crippen LogP contribution is 2.13. The van der Waals surface area contributed by atoms with Crippen LogP contribution in [-0.4, -0.2) is 11.2 Å². The fourth-order valence-corrected chi connectivity index (χ4v) is 1.94. The molecule has 0 N–H and O–H groups in total. The summed E-state index contributed by atoms with van der Waals surface area (Å²) in [5.41, 5.74) is 0.644. The minimum Gasteiger partial charge on any atom is -0.494 e.